The van der Waals surface area contributed by atoms with Crippen molar-refractivity contribution in [1.29, 1.82) is 0 Å². The third-order valence-corrected chi connectivity index (χ3v) is 4.60. The fraction of sp³-hybridized carbons (Fsp3) is 0.429. The summed E-state index contributed by atoms with van der Waals surface area (Å²) in [5.41, 5.74) is 2.16. The molecule has 0 unspecified atom stereocenters. The van der Waals surface area contributed by atoms with Crippen molar-refractivity contribution in [3.05, 3.63) is 53.1 Å². The van der Waals surface area contributed by atoms with Gasteiger partial charge < -0.3 is 15.0 Å². The Morgan fingerprint density at radius 2 is 2.04 bits per heavy atom. The summed E-state index contributed by atoms with van der Waals surface area (Å²) >= 11 is 0. The van der Waals surface area contributed by atoms with Crippen molar-refractivity contribution >= 4 is 18.1 Å². The molecule has 2 heterocycles. The minimum atomic E-state index is -0.528. The molecule has 0 saturated carbocycles. The fourth-order valence-corrected chi connectivity index (χ4v) is 3.46. The molecule has 138 valence electrons. The van der Waals surface area contributed by atoms with Crippen molar-refractivity contribution in [2.24, 2.45) is 0 Å². The second-order valence-corrected chi connectivity index (χ2v) is 7.80. The molecule has 1 fully saturated rings. The van der Waals surface area contributed by atoms with Crippen LogP contribution < -0.4 is 5.32 Å². The van der Waals surface area contributed by atoms with Crippen LogP contribution in [0.15, 0.2) is 36.4 Å². The molecule has 0 aromatic heterocycles. The van der Waals surface area contributed by atoms with Crippen LogP contribution in [0, 0.1) is 0 Å². The lowest BCUT2D eigenvalue weighted by molar-refractivity contribution is 0.0288. The number of nitrogens with one attached hydrogen (secondary N) is 1. The van der Waals surface area contributed by atoms with E-state index in [1.807, 2.05) is 70.2 Å². The summed E-state index contributed by atoms with van der Waals surface area (Å²) in [5.74, 6) is 0.0253. The summed E-state index contributed by atoms with van der Waals surface area (Å²) < 4.78 is 5.48. The number of allylic oxidation sites excluding steroid dienone is 3. The molecule has 1 N–H and O–H groups in total. The number of benzene rings is 1. The van der Waals surface area contributed by atoms with Gasteiger partial charge in [0.2, 0.25) is 0 Å². The number of rotatable bonds is 2. The van der Waals surface area contributed by atoms with E-state index in [4.69, 9.17) is 4.74 Å². The summed E-state index contributed by atoms with van der Waals surface area (Å²) in [5, 5.41) is 3.05. The first kappa shape index (κ1) is 18.2. The Morgan fingerprint density at radius 3 is 2.73 bits per heavy atom. The van der Waals surface area contributed by atoms with E-state index < -0.39 is 5.60 Å². The van der Waals surface area contributed by atoms with Gasteiger partial charge in [0, 0.05) is 24.6 Å². The van der Waals surface area contributed by atoms with E-state index in [9.17, 15) is 9.59 Å². The average molecular weight is 354 g/mol. The van der Waals surface area contributed by atoms with Gasteiger partial charge in [-0.25, -0.2) is 4.79 Å². The number of carbonyl (C=O) groups is 2. The van der Waals surface area contributed by atoms with Gasteiger partial charge in [0.05, 0.1) is 6.04 Å². The highest BCUT2D eigenvalue weighted by Crippen LogP contribution is 2.35. The molecule has 26 heavy (non-hydrogen) atoms. The van der Waals surface area contributed by atoms with Crippen LogP contribution in [0.1, 0.15) is 55.1 Å². The normalized spacial score (nSPS) is 22.5. The van der Waals surface area contributed by atoms with E-state index in [1.165, 1.54) is 0 Å². The fourth-order valence-electron chi connectivity index (χ4n) is 3.46. The summed E-state index contributed by atoms with van der Waals surface area (Å²) in [6.45, 7) is 8.56. The van der Waals surface area contributed by atoms with Gasteiger partial charge in [-0.3, -0.25) is 4.79 Å². The van der Waals surface area contributed by atoms with E-state index >= 15 is 0 Å². The molecular weight excluding hydrogens is 328 g/mol. The first-order chi connectivity index (χ1) is 12.3. The SMILES string of the molecule is C/C=C/C=C/c1ccc2c(c1)C(=O)N[C@H]1CN(C(=O)OC(C)(C)C)C[C@H]21. The molecule has 5 heteroatoms. The smallest absolute Gasteiger partial charge is 0.410 e. The first-order valence-electron chi connectivity index (χ1n) is 9.00. The molecular formula is C21H26N2O3. The summed E-state index contributed by atoms with van der Waals surface area (Å²) in [4.78, 5) is 26.6. The van der Waals surface area contributed by atoms with Gasteiger partial charge in [-0.15, -0.1) is 0 Å². The molecule has 1 aromatic rings. The Bertz CT molecular complexity index is 774. The molecule has 2 aliphatic heterocycles. The molecule has 0 aliphatic carbocycles. The number of ether oxygens (including phenoxy) is 1. The summed E-state index contributed by atoms with van der Waals surface area (Å²) in [6.07, 6.45) is 7.50. The highest BCUT2D eigenvalue weighted by atomic mass is 16.6. The van der Waals surface area contributed by atoms with E-state index in [1.54, 1.807) is 4.90 Å². The van der Waals surface area contributed by atoms with Crippen molar-refractivity contribution in [3.8, 4) is 0 Å². The predicted molar refractivity (Wildman–Crippen MR) is 102 cm³/mol. The van der Waals surface area contributed by atoms with Crippen molar-refractivity contribution < 1.29 is 14.3 Å². The minimum absolute atomic E-state index is 0.0630. The van der Waals surface area contributed by atoms with Gasteiger partial charge in [-0.1, -0.05) is 36.4 Å². The molecule has 2 atom stereocenters. The van der Waals surface area contributed by atoms with Crippen LogP contribution in [0.2, 0.25) is 0 Å². The number of fused-ring (bicyclic) bond motifs is 3. The zero-order valence-corrected chi connectivity index (χ0v) is 15.8. The molecule has 3 rings (SSSR count). The third kappa shape index (κ3) is 3.82. The van der Waals surface area contributed by atoms with Gasteiger partial charge in [0.1, 0.15) is 5.60 Å². The van der Waals surface area contributed by atoms with Crippen LogP contribution >= 0.6 is 0 Å². The van der Waals surface area contributed by atoms with Crippen molar-refractivity contribution in [1.82, 2.24) is 10.2 Å². The van der Waals surface area contributed by atoms with Crippen molar-refractivity contribution in [2.45, 2.75) is 45.3 Å². The number of carbonyl (C=O) groups excluding carboxylic acids is 2. The van der Waals surface area contributed by atoms with E-state index in [-0.39, 0.29) is 24.0 Å². The lowest BCUT2D eigenvalue weighted by atomic mass is 9.85. The third-order valence-electron chi connectivity index (χ3n) is 4.60. The van der Waals surface area contributed by atoms with E-state index in [0.717, 1.165) is 11.1 Å². The Morgan fingerprint density at radius 1 is 1.27 bits per heavy atom. The maximum Gasteiger partial charge on any atom is 0.410 e. The van der Waals surface area contributed by atoms with Gasteiger partial charge in [0.25, 0.3) is 5.91 Å². The first-order valence-corrected chi connectivity index (χ1v) is 9.00. The van der Waals surface area contributed by atoms with Crippen LogP contribution in [0.25, 0.3) is 6.08 Å². The topological polar surface area (TPSA) is 58.6 Å². The Kier molecular flexibility index (Phi) is 4.90. The van der Waals surface area contributed by atoms with Gasteiger partial charge >= 0.3 is 6.09 Å². The summed E-state index contributed by atoms with van der Waals surface area (Å²) in [7, 11) is 0. The number of hydrogen-bond donors (Lipinski definition) is 1. The molecule has 0 radical (unpaired) electrons. The van der Waals surface area contributed by atoms with Crippen LogP contribution in [0.5, 0.6) is 0 Å². The van der Waals surface area contributed by atoms with Gasteiger partial charge in [-0.2, -0.15) is 0 Å². The molecule has 1 saturated heterocycles. The van der Waals surface area contributed by atoms with Crippen LogP contribution in [0.3, 0.4) is 0 Å². The molecule has 2 amide bonds. The number of amides is 2. The maximum atomic E-state index is 12.5. The highest BCUT2D eigenvalue weighted by Gasteiger charge is 2.42. The summed E-state index contributed by atoms with van der Waals surface area (Å²) in [6, 6.07) is 5.88. The van der Waals surface area contributed by atoms with Crippen LogP contribution in [-0.4, -0.2) is 41.6 Å². The van der Waals surface area contributed by atoms with Gasteiger partial charge in [-0.05, 0) is 44.9 Å². The molecule has 1 aromatic carbocycles. The number of nitrogens with zero attached hydrogens (tertiary/aromatic N) is 1. The predicted octanol–water partition coefficient (Wildman–Crippen LogP) is 3.72. The monoisotopic (exact) mass is 354 g/mol. The maximum absolute atomic E-state index is 12.5. The number of hydrogen-bond acceptors (Lipinski definition) is 3. The van der Waals surface area contributed by atoms with Crippen LogP contribution in [0.4, 0.5) is 4.79 Å². The number of likely N-dealkylation sites (tertiary alicyclic amines) is 1. The van der Waals surface area contributed by atoms with Crippen LogP contribution in [-0.2, 0) is 4.74 Å². The molecule has 5 nitrogen and oxygen atoms in total. The lowest BCUT2D eigenvalue weighted by Crippen LogP contribution is -2.44. The van der Waals surface area contributed by atoms with E-state index in [2.05, 4.69) is 5.32 Å². The zero-order chi connectivity index (χ0) is 18.9. The van der Waals surface area contributed by atoms with Gasteiger partial charge in [0.15, 0.2) is 0 Å². The van der Waals surface area contributed by atoms with E-state index in [0.29, 0.717) is 18.7 Å². The van der Waals surface area contributed by atoms with Crippen molar-refractivity contribution in [2.75, 3.05) is 13.1 Å². The highest BCUT2D eigenvalue weighted by molar-refractivity contribution is 5.98. The average Bonchev–Trinajstić information content (AvgIpc) is 2.98. The molecule has 0 bridgehead atoms. The Balaban J connectivity index is 1.81. The largest absolute Gasteiger partial charge is 0.444 e. The second kappa shape index (κ2) is 6.98. The molecule has 2 aliphatic rings. The Labute approximate surface area is 154 Å². The standard InChI is InChI=1S/C21H26N2O3/c1-5-6-7-8-14-9-10-15-16(11-14)19(24)22-18-13-23(12-17(15)18)20(25)26-21(2,3)4/h5-11,17-18H,12-13H2,1-4H3,(H,22,24)/b6-5+,8-7+/t17-,18+/m1/s1. The second-order valence-electron chi connectivity index (χ2n) is 7.80. The lowest BCUT2D eigenvalue weighted by Gasteiger charge is -2.27. The van der Waals surface area contributed by atoms with Crippen molar-refractivity contribution in [3.63, 3.8) is 0 Å². The minimum Gasteiger partial charge on any atom is -0.444 e. The molecule has 0 spiro atoms. The quantitative estimate of drug-likeness (QED) is 0.824. The zero-order valence-electron chi connectivity index (χ0n) is 15.8. The Hall–Kier alpha value is -2.56.